The quantitative estimate of drug-likeness (QED) is 0.156. The molecule has 0 radical (unpaired) electrons. The second-order valence-electron chi connectivity index (χ2n) is 12.0. The Hall–Kier alpha value is -3.54. The lowest BCUT2D eigenvalue weighted by Gasteiger charge is -2.39. The van der Waals surface area contributed by atoms with Gasteiger partial charge >= 0.3 is 0 Å². The van der Waals surface area contributed by atoms with Gasteiger partial charge in [0.15, 0.2) is 11.6 Å². The van der Waals surface area contributed by atoms with Crippen LogP contribution in [0, 0.1) is 10.8 Å². The maximum Gasteiger partial charge on any atom is 0.172 e. The van der Waals surface area contributed by atoms with Crippen molar-refractivity contribution in [3.05, 3.63) is 71.1 Å². The maximum atomic E-state index is 13.3. The number of benzene rings is 3. The average Bonchev–Trinajstić information content (AvgIpc) is 3.53. The maximum absolute atomic E-state index is 13.3. The summed E-state index contributed by atoms with van der Waals surface area (Å²) < 4.78 is 4.86. The van der Waals surface area contributed by atoms with Crippen molar-refractivity contribution in [3.8, 4) is 0 Å². The summed E-state index contributed by atoms with van der Waals surface area (Å²) in [6, 6.07) is 21.9. The van der Waals surface area contributed by atoms with Gasteiger partial charge in [-0.2, -0.15) is 0 Å². The summed E-state index contributed by atoms with van der Waals surface area (Å²) in [4.78, 5) is 28.8. The van der Waals surface area contributed by atoms with Crippen molar-refractivity contribution in [1.29, 1.82) is 0 Å². The average molecular weight is 532 g/mol. The van der Waals surface area contributed by atoms with Crippen LogP contribution in [0.1, 0.15) is 39.0 Å². The summed E-state index contributed by atoms with van der Waals surface area (Å²) in [5.74, 6) is -0.0824. The van der Waals surface area contributed by atoms with Gasteiger partial charge in [-0.3, -0.25) is 14.0 Å². The van der Waals surface area contributed by atoms with Crippen LogP contribution in [0.2, 0.25) is 0 Å². The monoisotopic (exact) mass is 531 g/mol. The molecule has 0 unspecified atom stereocenters. The lowest BCUT2D eigenvalue weighted by Crippen LogP contribution is -2.44. The molecule has 0 amide bonds. The third-order valence-corrected chi connectivity index (χ3v) is 10.8. The minimum absolute atomic E-state index is 0.0412. The molecule has 1 fully saturated rings. The highest BCUT2D eigenvalue weighted by atomic mass is 32.1. The molecule has 3 aromatic carbocycles. The first-order valence-corrected chi connectivity index (χ1v) is 14.6. The van der Waals surface area contributed by atoms with Crippen LogP contribution in [-0.4, -0.2) is 16.0 Å². The molecule has 0 N–H and O–H groups in total. The zero-order valence-electron chi connectivity index (χ0n) is 21.6. The summed E-state index contributed by atoms with van der Waals surface area (Å²) in [7, 11) is 0. The highest BCUT2D eigenvalue weighted by Crippen LogP contribution is 2.49. The number of hydrogen-bond acceptors (Lipinski definition) is 4. The standard InChI is InChI=1S/C33H25NO2S2/c1-32(2)16-33(3,4)30(36)22(29(32)35)14-18-15-24-28(37-18)26-21-10-7-8-17-12-13-20-19-9-5-6-11-23(19)34(31(26)38-24)27(20)25(17)21/h5-15H,16H2,1-4H3. The molecule has 1 aliphatic carbocycles. The number of carbonyl (C=O) groups excluding carboxylic acids is 2. The first-order chi connectivity index (χ1) is 18.2. The number of pyridine rings is 1. The van der Waals surface area contributed by atoms with Gasteiger partial charge in [0.05, 0.1) is 21.3 Å². The summed E-state index contributed by atoms with van der Waals surface area (Å²) in [5, 5.41) is 7.61. The Balaban J connectivity index is 1.46. The molecular weight excluding hydrogens is 507 g/mol. The summed E-state index contributed by atoms with van der Waals surface area (Å²) in [6.07, 6.45) is 2.43. The number of para-hydroxylation sites is 1. The largest absolute Gasteiger partial charge is 0.299 e. The van der Waals surface area contributed by atoms with E-state index in [1.165, 1.54) is 57.6 Å². The SMILES string of the molecule is CC1(C)CC(C)(C)C(=O)C(=Cc2cc3sc4c(c5cccc6ccc7c8ccccc8n4c7c65)c3s2)C1=O. The molecule has 186 valence electrons. The molecular formula is C33H25NO2S2. The van der Waals surface area contributed by atoms with Gasteiger partial charge in [-0.1, -0.05) is 76.2 Å². The fourth-order valence-corrected chi connectivity index (χ4v) is 9.61. The molecule has 0 spiro atoms. The number of fused-ring (bicyclic) bond motifs is 8. The van der Waals surface area contributed by atoms with Crippen LogP contribution in [-0.2, 0) is 9.59 Å². The van der Waals surface area contributed by atoms with Crippen molar-refractivity contribution < 1.29 is 9.59 Å². The molecule has 4 heterocycles. The van der Waals surface area contributed by atoms with Crippen molar-refractivity contribution in [2.24, 2.45) is 10.8 Å². The second kappa shape index (κ2) is 7.10. The fraction of sp³-hybridized carbons (Fsp3) is 0.212. The summed E-state index contributed by atoms with van der Waals surface area (Å²) >= 11 is 3.49. The predicted octanol–water partition coefficient (Wildman–Crippen LogP) is 9.24. The minimum atomic E-state index is -0.544. The number of Topliss-reactive ketones (excluding diaryl/α,β-unsaturated/α-hetero) is 2. The first kappa shape index (κ1) is 22.4. The van der Waals surface area contributed by atoms with Gasteiger partial charge in [-0.05, 0) is 35.4 Å². The van der Waals surface area contributed by atoms with E-state index in [0.717, 1.165) is 4.88 Å². The number of rotatable bonds is 1. The van der Waals surface area contributed by atoms with E-state index in [-0.39, 0.29) is 11.6 Å². The zero-order valence-corrected chi connectivity index (χ0v) is 23.3. The van der Waals surface area contributed by atoms with Crippen LogP contribution in [0.4, 0.5) is 0 Å². The molecule has 0 aliphatic heterocycles. The van der Waals surface area contributed by atoms with E-state index in [4.69, 9.17) is 0 Å². The van der Waals surface area contributed by atoms with Crippen molar-refractivity contribution in [1.82, 2.24) is 4.40 Å². The molecule has 1 aliphatic rings. The van der Waals surface area contributed by atoms with Gasteiger partial charge in [0.1, 0.15) is 4.83 Å². The third kappa shape index (κ3) is 2.73. The highest BCUT2D eigenvalue weighted by molar-refractivity contribution is 7.33. The molecule has 8 rings (SSSR count). The number of ketones is 2. The van der Waals surface area contributed by atoms with Crippen LogP contribution >= 0.6 is 22.7 Å². The normalized spacial score (nSPS) is 17.8. The first-order valence-electron chi connectivity index (χ1n) is 13.0. The lowest BCUT2D eigenvalue weighted by molar-refractivity contribution is -0.137. The smallest absolute Gasteiger partial charge is 0.172 e. The molecule has 0 saturated heterocycles. The molecule has 3 nitrogen and oxygen atoms in total. The molecule has 7 aromatic rings. The van der Waals surface area contributed by atoms with Gasteiger partial charge in [-0.25, -0.2) is 0 Å². The van der Waals surface area contributed by atoms with Crippen LogP contribution < -0.4 is 0 Å². The number of aromatic nitrogens is 1. The molecule has 4 aromatic heterocycles. The highest BCUT2D eigenvalue weighted by Gasteiger charge is 2.48. The lowest BCUT2D eigenvalue weighted by atomic mass is 9.62. The van der Waals surface area contributed by atoms with Gasteiger partial charge in [-0.15, -0.1) is 22.7 Å². The van der Waals surface area contributed by atoms with E-state index < -0.39 is 10.8 Å². The van der Waals surface area contributed by atoms with Crippen LogP contribution in [0.25, 0.3) is 63.7 Å². The van der Waals surface area contributed by atoms with E-state index in [1.54, 1.807) is 22.7 Å². The Morgan fingerprint density at radius 1 is 0.789 bits per heavy atom. The number of allylic oxidation sites excluding steroid dienone is 1. The second-order valence-corrected chi connectivity index (χ2v) is 14.1. The van der Waals surface area contributed by atoms with Crippen LogP contribution in [0.5, 0.6) is 0 Å². The summed E-state index contributed by atoms with van der Waals surface area (Å²) in [6.45, 7) is 7.84. The summed E-state index contributed by atoms with van der Waals surface area (Å²) in [5.41, 5.74) is 1.77. The molecule has 1 saturated carbocycles. The van der Waals surface area contributed by atoms with Crippen LogP contribution in [0.15, 0.2) is 66.2 Å². The molecule has 5 heteroatoms. The molecule has 38 heavy (non-hydrogen) atoms. The van der Waals surface area contributed by atoms with E-state index >= 15 is 0 Å². The Bertz CT molecular complexity index is 2170. The van der Waals surface area contributed by atoms with Gasteiger partial charge < -0.3 is 0 Å². The van der Waals surface area contributed by atoms with Crippen molar-refractivity contribution in [3.63, 3.8) is 0 Å². The van der Waals surface area contributed by atoms with E-state index in [9.17, 15) is 9.59 Å². The van der Waals surface area contributed by atoms with Gasteiger partial charge in [0.25, 0.3) is 0 Å². The van der Waals surface area contributed by atoms with Gasteiger partial charge in [0, 0.05) is 42.0 Å². The minimum Gasteiger partial charge on any atom is -0.299 e. The topological polar surface area (TPSA) is 38.5 Å². The van der Waals surface area contributed by atoms with Gasteiger partial charge in [0.2, 0.25) is 0 Å². The zero-order chi connectivity index (χ0) is 26.1. The number of carbonyl (C=O) groups is 2. The van der Waals surface area contributed by atoms with E-state index in [2.05, 4.69) is 65.1 Å². The predicted molar refractivity (Wildman–Crippen MR) is 162 cm³/mol. The Labute approximate surface area is 227 Å². The van der Waals surface area contributed by atoms with Crippen molar-refractivity contribution in [2.75, 3.05) is 0 Å². The Kier molecular flexibility index (Phi) is 4.19. The number of hydrogen-bond donors (Lipinski definition) is 0. The molecule has 0 bridgehead atoms. The van der Waals surface area contributed by atoms with Crippen molar-refractivity contribution >= 4 is 97.9 Å². The van der Waals surface area contributed by atoms with E-state index in [0.29, 0.717) is 12.0 Å². The molecule has 0 atom stereocenters. The van der Waals surface area contributed by atoms with Crippen LogP contribution in [0.3, 0.4) is 0 Å². The van der Waals surface area contributed by atoms with Crippen molar-refractivity contribution in [2.45, 2.75) is 34.1 Å². The fourth-order valence-electron chi connectivity index (χ4n) is 6.98. The third-order valence-electron chi connectivity index (χ3n) is 8.40. The Morgan fingerprint density at radius 2 is 1.53 bits per heavy atom. The Morgan fingerprint density at radius 3 is 2.32 bits per heavy atom. The number of nitrogens with zero attached hydrogens (tertiary/aromatic N) is 1. The van der Waals surface area contributed by atoms with E-state index in [1.807, 2.05) is 33.8 Å². The number of thiophene rings is 2.